The molecule has 0 spiro atoms. The van der Waals surface area contributed by atoms with Crippen molar-refractivity contribution in [2.24, 2.45) is 0 Å². The average molecular weight is 279 g/mol. The van der Waals surface area contributed by atoms with E-state index in [1.807, 2.05) is 42.5 Å². The molecule has 2 aromatic carbocycles. The minimum absolute atomic E-state index is 0.143. The lowest BCUT2D eigenvalue weighted by atomic mass is 10.0. The molecule has 0 fully saturated rings. The lowest BCUT2D eigenvalue weighted by Crippen LogP contribution is -2.28. The third kappa shape index (κ3) is 2.79. The van der Waals surface area contributed by atoms with E-state index < -0.39 is 0 Å². The molecule has 2 N–H and O–H groups in total. The van der Waals surface area contributed by atoms with Gasteiger partial charge in [-0.1, -0.05) is 55.5 Å². The van der Waals surface area contributed by atoms with Crippen LogP contribution < -0.4 is 5.32 Å². The maximum Gasteiger partial charge on any atom is 0.272 e. The topological polar surface area (TPSA) is 57.8 Å². The summed E-state index contributed by atoms with van der Waals surface area (Å²) < 4.78 is 0. The van der Waals surface area contributed by atoms with Gasteiger partial charge in [0, 0.05) is 11.9 Å². The Bertz CT molecular complexity index is 749. The Kier molecular flexibility index (Phi) is 3.69. The van der Waals surface area contributed by atoms with Crippen molar-refractivity contribution < 1.29 is 4.79 Å². The fourth-order valence-corrected chi connectivity index (χ4v) is 2.37. The van der Waals surface area contributed by atoms with Crippen LogP contribution in [-0.4, -0.2) is 22.6 Å². The number of hydrogen-bond donors (Lipinski definition) is 2. The highest BCUT2D eigenvalue weighted by Crippen LogP contribution is 2.16. The summed E-state index contributed by atoms with van der Waals surface area (Å²) in [4.78, 5) is 12.3. The maximum absolute atomic E-state index is 12.3. The molecule has 3 rings (SSSR count). The van der Waals surface area contributed by atoms with Crippen molar-refractivity contribution in [3.8, 4) is 0 Å². The van der Waals surface area contributed by atoms with Gasteiger partial charge in [0.2, 0.25) is 0 Å². The van der Waals surface area contributed by atoms with Crippen LogP contribution in [0, 0.1) is 0 Å². The van der Waals surface area contributed by atoms with Crippen molar-refractivity contribution in [2.45, 2.75) is 12.8 Å². The first-order valence-electron chi connectivity index (χ1n) is 7.02. The van der Waals surface area contributed by atoms with Crippen LogP contribution in [0.15, 0.2) is 54.6 Å². The molecule has 0 bridgehead atoms. The Morgan fingerprint density at radius 1 is 1.14 bits per heavy atom. The van der Waals surface area contributed by atoms with Gasteiger partial charge in [-0.2, -0.15) is 5.10 Å². The first kappa shape index (κ1) is 13.4. The van der Waals surface area contributed by atoms with E-state index in [0.29, 0.717) is 12.2 Å². The summed E-state index contributed by atoms with van der Waals surface area (Å²) in [6.45, 7) is 2.68. The quantitative estimate of drug-likeness (QED) is 0.771. The van der Waals surface area contributed by atoms with Crippen molar-refractivity contribution in [1.82, 2.24) is 15.5 Å². The standard InChI is InChI=1S/C17H17N3O/c1-12(13-7-3-2-4-8-13)11-18-17(21)16-14-9-5-6-10-15(14)19-20-16/h2-10,12H,11H2,1H3,(H,18,21)(H,19,20)/t12-/m1/s1. The largest absolute Gasteiger partial charge is 0.350 e. The lowest BCUT2D eigenvalue weighted by molar-refractivity contribution is 0.0948. The van der Waals surface area contributed by atoms with Crippen LogP contribution in [0.3, 0.4) is 0 Å². The second-order valence-corrected chi connectivity index (χ2v) is 5.14. The first-order valence-corrected chi connectivity index (χ1v) is 7.02. The summed E-state index contributed by atoms with van der Waals surface area (Å²) in [7, 11) is 0. The van der Waals surface area contributed by atoms with Crippen LogP contribution in [0.4, 0.5) is 0 Å². The highest BCUT2D eigenvalue weighted by atomic mass is 16.1. The van der Waals surface area contributed by atoms with Gasteiger partial charge < -0.3 is 5.32 Å². The number of carbonyl (C=O) groups is 1. The van der Waals surface area contributed by atoms with Gasteiger partial charge in [-0.3, -0.25) is 9.89 Å². The molecule has 1 amide bonds. The molecule has 0 aliphatic rings. The number of nitrogens with zero attached hydrogens (tertiary/aromatic N) is 1. The number of rotatable bonds is 4. The Morgan fingerprint density at radius 2 is 1.86 bits per heavy atom. The zero-order valence-electron chi connectivity index (χ0n) is 11.8. The van der Waals surface area contributed by atoms with E-state index in [1.54, 1.807) is 0 Å². The molecule has 0 saturated heterocycles. The van der Waals surface area contributed by atoms with Crippen LogP contribution in [0.2, 0.25) is 0 Å². The van der Waals surface area contributed by atoms with Gasteiger partial charge >= 0.3 is 0 Å². The Labute approximate surface area is 123 Å². The number of aromatic amines is 1. The highest BCUT2D eigenvalue weighted by molar-refractivity contribution is 6.04. The number of nitrogens with one attached hydrogen (secondary N) is 2. The van der Waals surface area contributed by atoms with E-state index in [9.17, 15) is 4.79 Å². The number of benzene rings is 2. The number of hydrogen-bond acceptors (Lipinski definition) is 2. The third-order valence-electron chi connectivity index (χ3n) is 3.62. The molecule has 0 radical (unpaired) electrons. The molecule has 0 saturated carbocycles. The Balaban J connectivity index is 1.70. The summed E-state index contributed by atoms with van der Waals surface area (Å²) in [6, 6.07) is 17.8. The van der Waals surface area contributed by atoms with Crippen LogP contribution in [-0.2, 0) is 0 Å². The van der Waals surface area contributed by atoms with Crippen LogP contribution in [0.25, 0.3) is 10.9 Å². The van der Waals surface area contributed by atoms with E-state index in [4.69, 9.17) is 0 Å². The molecule has 21 heavy (non-hydrogen) atoms. The molecule has 4 nitrogen and oxygen atoms in total. The molecule has 0 unspecified atom stereocenters. The summed E-state index contributed by atoms with van der Waals surface area (Å²) in [6.07, 6.45) is 0. The van der Waals surface area contributed by atoms with Crippen molar-refractivity contribution in [3.05, 3.63) is 65.9 Å². The first-order chi connectivity index (χ1) is 10.3. The van der Waals surface area contributed by atoms with Gasteiger partial charge in [0.15, 0.2) is 5.69 Å². The summed E-state index contributed by atoms with van der Waals surface area (Å²) in [5.74, 6) is 0.121. The Hall–Kier alpha value is -2.62. The smallest absolute Gasteiger partial charge is 0.272 e. The molecule has 3 aromatic rings. The minimum atomic E-state index is -0.143. The van der Waals surface area contributed by atoms with Crippen molar-refractivity contribution >= 4 is 16.8 Å². The van der Waals surface area contributed by atoms with E-state index in [0.717, 1.165) is 10.9 Å². The van der Waals surface area contributed by atoms with Gasteiger partial charge in [0.05, 0.1) is 5.52 Å². The third-order valence-corrected chi connectivity index (χ3v) is 3.62. The van der Waals surface area contributed by atoms with Crippen molar-refractivity contribution in [2.75, 3.05) is 6.54 Å². The van der Waals surface area contributed by atoms with E-state index >= 15 is 0 Å². The number of carbonyl (C=O) groups excluding carboxylic acids is 1. The second-order valence-electron chi connectivity index (χ2n) is 5.14. The molecule has 1 atom stereocenters. The minimum Gasteiger partial charge on any atom is -0.350 e. The molecule has 1 heterocycles. The predicted molar refractivity (Wildman–Crippen MR) is 83.3 cm³/mol. The molecule has 0 aliphatic heterocycles. The fraction of sp³-hybridized carbons (Fsp3) is 0.176. The van der Waals surface area contributed by atoms with Crippen LogP contribution in [0.5, 0.6) is 0 Å². The molecule has 106 valence electrons. The monoisotopic (exact) mass is 279 g/mol. The average Bonchev–Trinajstić information content (AvgIpc) is 2.97. The fourth-order valence-electron chi connectivity index (χ4n) is 2.37. The Morgan fingerprint density at radius 3 is 2.67 bits per heavy atom. The molecular weight excluding hydrogens is 262 g/mol. The predicted octanol–water partition coefficient (Wildman–Crippen LogP) is 3.10. The molecule has 4 heteroatoms. The summed E-state index contributed by atoms with van der Waals surface area (Å²) in [5, 5.41) is 10.8. The normalized spacial score (nSPS) is 12.2. The number of amides is 1. The second kappa shape index (κ2) is 5.79. The zero-order chi connectivity index (χ0) is 14.7. The van der Waals surface area contributed by atoms with Crippen LogP contribution >= 0.6 is 0 Å². The van der Waals surface area contributed by atoms with Crippen molar-refractivity contribution in [1.29, 1.82) is 0 Å². The number of aromatic nitrogens is 2. The summed E-state index contributed by atoms with van der Waals surface area (Å²) >= 11 is 0. The molecular formula is C17H17N3O. The highest BCUT2D eigenvalue weighted by Gasteiger charge is 2.14. The van der Waals surface area contributed by atoms with Gasteiger partial charge in [0.1, 0.15) is 0 Å². The summed E-state index contributed by atoms with van der Waals surface area (Å²) in [5.41, 5.74) is 2.54. The van der Waals surface area contributed by atoms with Gasteiger partial charge in [-0.25, -0.2) is 0 Å². The van der Waals surface area contributed by atoms with E-state index in [2.05, 4.69) is 34.6 Å². The number of para-hydroxylation sites is 1. The van der Waals surface area contributed by atoms with E-state index in [-0.39, 0.29) is 11.8 Å². The SMILES string of the molecule is C[C@H](CNC(=O)c1n[nH]c2ccccc12)c1ccccc1. The maximum atomic E-state index is 12.3. The van der Waals surface area contributed by atoms with E-state index in [1.165, 1.54) is 5.56 Å². The van der Waals surface area contributed by atoms with Crippen LogP contribution in [0.1, 0.15) is 28.9 Å². The van der Waals surface area contributed by atoms with Gasteiger partial charge in [-0.15, -0.1) is 0 Å². The molecule has 1 aromatic heterocycles. The van der Waals surface area contributed by atoms with Gasteiger partial charge in [0.25, 0.3) is 5.91 Å². The van der Waals surface area contributed by atoms with Gasteiger partial charge in [-0.05, 0) is 17.5 Å². The molecule has 0 aliphatic carbocycles. The number of H-pyrrole nitrogens is 1. The van der Waals surface area contributed by atoms with Crippen molar-refractivity contribution in [3.63, 3.8) is 0 Å². The lowest BCUT2D eigenvalue weighted by Gasteiger charge is -2.12. The zero-order valence-corrected chi connectivity index (χ0v) is 11.8. The number of fused-ring (bicyclic) bond motifs is 1.